The Bertz CT molecular complexity index is 624. The second-order valence-corrected chi connectivity index (χ2v) is 4.81. The third-order valence-electron chi connectivity index (χ3n) is 3.06. The van der Waals surface area contributed by atoms with Crippen LogP contribution in [0.3, 0.4) is 0 Å². The first kappa shape index (κ1) is 17.7. The average Bonchev–Trinajstić information content (AvgIpc) is 2.43. The maximum absolute atomic E-state index is 11.7. The standard InChI is InChI=1S/C13H18N2O7/c1-14(3-2-11(18)19)5-9-13(22)10(17)4-8(7-16)15(9)6-12(20)21/h4,16,22H,2-3,5-7H2,1H3,(H,18,19)(H,20,21). The van der Waals surface area contributed by atoms with Crippen LogP contribution in [0.2, 0.25) is 0 Å². The van der Waals surface area contributed by atoms with E-state index in [4.69, 9.17) is 10.2 Å². The lowest BCUT2D eigenvalue weighted by Crippen LogP contribution is -2.28. The number of aromatic nitrogens is 1. The molecular formula is C13H18N2O7. The Morgan fingerprint density at radius 2 is 1.91 bits per heavy atom. The number of carboxylic acid groups (broad SMARTS) is 2. The molecular weight excluding hydrogens is 296 g/mol. The maximum Gasteiger partial charge on any atom is 0.323 e. The molecule has 22 heavy (non-hydrogen) atoms. The van der Waals surface area contributed by atoms with Crippen LogP contribution in [0.4, 0.5) is 0 Å². The second kappa shape index (κ2) is 7.57. The topological polar surface area (TPSA) is 140 Å². The highest BCUT2D eigenvalue weighted by atomic mass is 16.4. The van der Waals surface area contributed by atoms with Gasteiger partial charge in [-0.3, -0.25) is 19.3 Å². The number of rotatable bonds is 8. The van der Waals surface area contributed by atoms with Gasteiger partial charge in [0.05, 0.1) is 18.7 Å². The van der Waals surface area contributed by atoms with Crippen LogP contribution in [-0.4, -0.2) is 55.4 Å². The minimum atomic E-state index is -1.20. The van der Waals surface area contributed by atoms with Crippen molar-refractivity contribution in [2.75, 3.05) is 13.6 Å². The predicted molar refractivity (Wildman–Crippen MR) is 74.5 cm³/mol. The Labute approximate surface area is 125 Å². The quantitative estimate of drug-likeness (QED) is 0.481. The van der Waals surface area contributed by atoms with Gasteiger partial charge in [0.2, 0.25) is 5.43 Å². The first-order chi connectivity index (χ1) is 10.3. The van der Waals surface area contributed by atoms with Gasteiger partial charge in [0.15, 0.2) is 5.75 Å². The van der Waals surface area contributed by atoms with Gasteiger partial charge in [-0.2, -0.15) is 0 Å². The molecule has 1 aromatic rings. The molecule has 0 aliphatic rings. The number of aromatic hydroxyl groups is 1. The number of aliphatic hydroxyl groups excluding tert-OH is 1. The van der Waals surface area contributed by atoms with Gasteiger partial charge in [0.25, 0.3) is 0 Å². The van der Waals surface area contributed by atoms with Crippen molar-refractivity contribution < 1.29 is 30.0 Å². The fraction of sp³-hybridized carbons (Fsp3) is 0.462. The van der Waals surface area contributed by atoms with Crippen molar-refractivity contribution in [3.8, 4) is 5.75 Å². The minimum absolute atomic E-state index is 0.0202. The number of aliphatic carboxylic acids is 2. The van der Waals surface area contributed by atoms with Crippen LogP contribution < -0.4 is 5.43 Å². The Morgan fingerprint density at radius 3 is 2.41 bits per heavy atom. The Balaban J connectivity index is 3.19. The minimum Gasteiger partial charge on any atom is -0.503 e. The van der Waals surface area contributed by atoms with Gasteiger partial charge < -0.3 is 25.0 Å². The van der Waals surface area contributed by atoms with E-state index >= 15 is 0 Å². The van der Waals surface area contributed by atoms with E-state index < -0.39 is 36.3 Å². The fourth-order valence-electron chi connectivity index (χ4n) is 1.99. The number of aliphatic hydroxyl groups is 1. The van der Waals surface area contributed by atoms with Crippen LogP contribution in [0.15, 0.2) is 10.9 Å². The van der Waals surface area contributed by atoms with Crippen LogP contribution in [0.25, 0.3) is 0 Å². The Kier molecular flexibility index (Phi) is 6.08. The van der Waals surface area contributed by atoms with Crippen molar-refractivity contribution in [3.05, 3.63) is 27.7 Å². The summed E-state index contributed by atoms with van der Waals surface area (Å²) in [4.78, 5) is 34.7. The summed E-state index contributed by atoms with van der Waals surface area (Å²) < 4.78 is 1.14. The zero-order valence-electron chi connectivity index (χ0n) is 12.0. The van der Waals surface area contributed by atoms with Crippen molar-refractivity contribution in [2.24, 2.45) is 0 Å². The lowest BCUT2D eigenvalue weighted by atomic mass is 10.2. The molecule has 0 radical (unpaired) electrons. The lowest BCUT2D eigenvalue weighted by molar-refractivity contribution is -0.138. The Hall–Kier alpha value is -2.39. The molecule has 0 aromatic carbocycles. The van der Waals surface area contributed by atoms with Crippen molar-refractivity contribution in [3.63, 3.8) is 0 Å². The number of hydrogen-bond donors (Lipinski definition) is 4. The molecule has 0 spiro atoms. The van der Waals surface area contributed by atoms with Crippen molar-refractivity contribution in [1.29, 1.82) is 0 Å². The van der Waals surface area contributed by atoms with E-state index in [1.807, 2.05) is 0 Å². The van der Waals surface area contributed by atoms with E-state index in [0.717, 1.165) is 10.6 Å². The van der Waals surface area contributed by atoms with Crippen LogP contribution in [0, 0.1) is 0 Å². The van der Waals surface area contributed by atoms with Gasteiger partial charge in [0, 0.05) is 24.8 Å². The van der Waals surface area contributed by atoms with E-state index in [1.165, 1.54) is 4.90 Å². The molecule has 0 saturated carbocycles. The molecule has 1 aromatic heterocycles. The summed E-state index contributed by atoms with van der Waals surface area (Å²) in [7, 11) is 1.57. The van der Waals surface area contributed by atoms with E-state index in [-0.39, 0.29) is 30.9 Å². The molecule has 0 atom stereocenters. The molecule has 0 unspecified atom stereocenters. The highest BCUT2D eigenvalue weighted by Crippen LogP contribution is 2.17. The van der Waals surface area contributed by atoms with E-state index in [2.05, 4.69) is 0 Å². The summed E-state index contributed by atoms with van der Waals surface area (Å²) in [6.07, 6.45) is -0.139. The number of nitrogens with zero attached hydrogens (tertiary/aromatic N) is 2. The highest BCUT2D eigenvalue weighted by Gasteiger charge is 2.18. The molecule has 9 heteroatoms. The van der Waals surface area contributed by atoms with Gasteiger partial charge >= 0.3 is 11.9 Å². The first-order valence-electron chi connectivity index (χ1n) is 6.43. The van der Waals surface area contributed by atoms with Gasteiger partial charge in [-0.15, -0.1) is 0 Å². The SMILES string of the molecule is CN(CCC(=O)O)Cc1c(O)c(=O)cc(CO)n1CC(=O)O. The molecule has 1 rings (SSSR count). The molecule has 0 bridgehead atoms. The molecule has 1 heterocycles. The van der Waals surface area contributed by atoms with Crippen molar-refractivity contribution in [1.82, 2.24) is 9.47 Å². The van der Waals surface area contributed by atoms with E-state index in [0.29, 0.717) is 0 Å². The van der Waals surface area contributed by atoms with Gasteiger partial charge in [0.1, 0.15) is 6.54 Å². The molecule has 0 aliphatic heterocycles. The zero-order chi connectivity index (χ0) is 16.9. The molecule has 0 fully saturated rings. The summed E-state index contributed by atoms with van der Waals surface area (Å²) in [5, 5.41) is 36.7. The largest absolute Gasteiger partial charge is 0.503 e. The summed E-state index contributed by atoms with van der Waals surface area (Å²) in [5.41, 5.74) is -0.647. The average molecular weight is 314 g/mol. The highest BCUT2D eigenvalue weighted by molar-refractivity contribution is 5.67. The second-order valence-electron chi connectivity index (χ2n) is 4.81. The molecule has 0 aliphatic carbocycles. The number of carbonyl (C=O) groups is 2. The number of carboxylic acids is 2. The monoisotopic (exact) mass is 314 g/mol. The van der Waals surface area contributed by atoms with E-state index in [1.54, 1.807) is 7.05 Å². The van der Waals surface area contributed by atoms with Crippen LogP contribution >= 0.6 is 0 Å². The van der Waals surface area contributed by atoms with Gasteiger partial charge in [-0.05, 0) is 7.05 Å². The normalized spacial score (nSPS) is 10.9. The number of pyridine rings is 1. The fourth-order valence-corrected chi connectivity index (χ4v) is 1.99. The Morgan fingerprint density at radius 1 is 1.27 bits per heavy atom. The summed E-state index contributed by atoms with van der Waals surface area (Å²) >= 11 is 0. The predicted octanol–water partition coefficient (Wildman–Crippen LogP) is -0.963. The summed E-state index contributed by atoms with van der Waals surface area (Å²) in [6, 6.07) is 0.971. The molecule has 0 amide bonds. The zero-order valence-corrected chi connectivity index (χ0v) is 12.0. The molecule has 9 nitrogen and oxygen atoms in total. The van der Waals surface area contributed by atoms with Gasteiger partial charge in [-0.1, -0.05) is 0 Å². The van der Waals surface area contributed by atoms with Crippen LogP contribution in [-0.2, 0) is 29.3 Å². The van der Waals surface area contributed by atoms with E-state index in [9.17, 15) is 24.6 Å². The first-order valence-corrected chi connectivity index (χ1v) is 6.43. The summed E-state index contributed by atoms with van der Waals surface area (Å²) in [5.74, 6) is -2.81. The van der Waals surface area contributed by atoms with Crippen LogP contribution in [0.5, 0.6) is 5.75 Å². The lowest BCUT2D eigenvalue weighted by Gasteiger charge is -2.21. The summed E-state index contributed by atoms with van der Waals surface area (Å²) in [6.45, 7) is -0.977. The maximum atomic E-state index is 11.7. The van der Waals surface area contributed by atoms with Crippen molar-refractivity contribution in [2.45, 2.75) is 26.1 Å². The van der Waals surface area contributed by atoms with Crippen molar-refractivity contribution >= 4 is 11.9 Å². The smallest absolute Gasteiger partial charge is 0.323 e. The van der Waals surface area contributed by atoms with Crippen LogP contribution in [0.1, 0.15) is 17.8 Å². The van der Waals surface area contributed by atoms with Gasteiger partial charge in [-0.25, -0.2) is 0 Å². The number of hydrogen-bond acceptors (Lipinski definition) is 6. The third kappa shape index (κ3) is 4.57. The molecule has 4 N–H and O–H groups in total. The third-order valence-corrected chi connectivity index (χ3v) is 3.06. The molecule has 122 valence electrons. The molecule has 0 saturated heterocycles.